The summed E-state index contributed by atoms with van der Waals surface area (Å²) in [6.45, 7) is 3.64. The van der Waals surface area contributed by atoms with Gasteiger partial charge in [-0.05, 0) is 85.3 Å². The van der Waals surface area contributed by atoms with Gasteiger partial charge in [-0.2, -0.15) is 0 Å². The summed E-state index contributed by atoms with van der Waals surface area (Å²) in [4.78, 5) is 12.3. The van der Waals surface area contributed by atoms with Crippen LogP contribution in [0.2, 0.25) is 5.02 Å². The van der Waals surface area contributed by atoms with Crippen LogP contribution in [0, 0.1) is 13.8 Å². The Hall–Kier alpha value is -1.46. The van der Waals surface area contributed by atoms with E-state index in [1.807, 2.05) is 50.2 Å². The molecule has 3 aromatic rings. The van der Waals surface area contributed by atoms with Gasteiger partial charge in [-0.25, -0.2) is 4.57 Å². The van der Waals surface area contributed by atoms with Crippen molar-refractivity contribution in [2.75, 3.05) is 7.11 Å². The number of ether oxygens (including phenoxy) is 1. The van der Waals surface area contributed by atoms with Gasteiger partial charge < -0.3 is 18.7 Å². The number of rotatable bonds is 8. The molecule has 0 heterocycles. The average molecular weight is 469 g/mol. The largest absolute Gasteiger partial charge is 1.00 e. The third-order valence-electron chi connectivity index (χ3n) is 4.62. The maximum Gasteiger partial charge on any atom is 1.00 e. The molecule has 0 bridgehead atoms. The molecule has 3 rings (SSSR count). The summed E-state index contributed by atoms with van der Waals surface area (Å²) in [5.74, 6) is 1.26. The molecule has 0 saturated heterocycles. The number of aryl methyl sites for hydroxylation is 4. The van der Waals surface area contributed by atoms with Crippen LogP contribution >= 0.6 is 19.4 Å². The predicted octanol–water partition coefficient (Wildman–Crippen LogP) is 2.68. The molecular weight excluding hydrogens is 446 g/mol. The second kappa shape index (κ2) is 11.4. The number of hydrogen-bond donors (Lipinski definition) is 0. The Kier molecular flexibility index (Phi) is 9.50. The SMILES string of the molecule is COc1ccc(CCc2cc(C)c(OP(=O)([O-])Oc3ccc(Cl)cc3)c(C)c2)cc1.[Na+]. The van der Waals surface area contributed by atoms with Gasteiger partial charge in [0, 0.05) is 5.02 Å². The number of halogens is 1. The standard InChI is InChI=1S/C23H24ClO5P.Na/c1-16-14-19(5-4-18-6-10-21(27-3)11-7-18)15-17(2)23(16)29-30(25,26)28-22-12-8-20(24)9-13-22;/h6-15H,4-5H2,1-3H3,(H,25,26);/q;+1/p-1. The van der Waals surface area contributed by atoms with E-state index in [9.17, 15) is 9.46 Å². The van der Waals surface area contributed by atoms with Crippen molar-refractivity contribution in [2.45, 2.75) is 26.7 Å². The van der Waals surface area contributed by atoms with Crippen LogP contribution < -0.4 is 48.2 Å². The number of benzene rings is 3. The first-order chi connectivity index (χ1) is 14.3. The number of phosphoric acid groups is 1. The normalized spacial score (nSPS) is 12.4. The molecule has 1 atom stereocenters. The van der Waals surface area contributed by atoms with Crippen LogP contribution in [0.3, 0.4) is 0 Å². The average Bonchev–Trinajstić information content (AvgIpc) is 2.71. The zero-order valence-electron chi connectivity index (χ0n) is 18.1. The summed E-state index contributed by atoms with van der Waals surface area (Å²) in [6.07, 6.45) is 1.69. The molecule has 0 N–H and O–H groups in total. The van der Waals surface area contributed by atoms with Crippen molar-refractivity contribution in [3.63, 3.8) is 0 Å². The summed E-state index contributed by atoms with van der Waals surface area (Å²) in [5, 5.41) is 0.487. The molecule has 31 heavy (non-hydrogen) atoms. The molecule has 3 aromatic carbocycles. The Morgan fingerprint density at radius 1 is 0.839 bits per heavy atom. The zero-order valence-corrected chi connectivity index (χ0v) is 21.7. The van der Waals surface area contributed by atoms with Crippen LogP contribution in [-0.4, -0.2) is 7.11 Å². The minimum absolute atomic E-state index is 0. The maximum absolute atomic E-state index is 12.3. The Balaban J connectivity index is 0.00000341. The fourth-order valence-corrected chi connectivity index (χ4v) is 4.22. The van der Waals surface area contributed by atoms with Crippen LogP contribution in [0.1, 0.15) is 22.3 Å². The van der Waals surface area contributed by atoms with Gasteiger partial charge >= 0.3 is 37.4 Å². The van der Waals surface area contributed by atoms with Gasteiger partial charge in [0.05, 0.1) is 7.11 Å². The predicted molar refractivity (Wildman–Crippen MR) is 117 cm³/mol. The van der Waals surface area contributed by atoms with E-state index in [-0.39, 0.29) is 41.1 Å². The fourth-order valence-electron chi connectivity index (χ4n) is 3.16. The van der Waals surface area contributed by atoms with E-state index in [0.717, 1.165) is 35.3 Å². The van der Waals surface area contributed by atoms with Gasteiger partial charge in [0.15, 0.2) is 0 Å². The van der Waals surface area contributed by atoms with Crippen LogP contribution in [0.5, 0.6) is 17.2 Å². The molecule has 0 aliphatic heterocycles. The van der Waals surface area contributed by atoms with Crippen molar-refractivity contribution in [1.82, 2.24) is 0 Å². The minimum atomic E-state index is -4.60. The molecule has 158 valence electrons. The van der Waals surface area contributed by atoms with Gasteiger partial charge in [-0.1, -0.05) is 35.9 Å². The molecule has 0 radical (unpaired) electrons. The summed E-state index contributed by atoms with van der Waals surface area (Å²) < 4.78 is 27.8. The van der Waals surface area contributed by atoms with Crippen LogP contribution in [0.4, 0.5) is 0 Å². The Morgan fingerprint density at radius 3 is 1.90 bits per heavy atom. The van der Waals surface area contributed by atoms with E-state index in [2.05, 4.69) is 0 Å². The number of phosphoric ester groups is 1. The quantitative estimate of drug-likeness (QED) is 0.375. The van der Waals surface area contributed by atoms with Crippen molar-refractivity contribution >= 4 is 19.4 Å². The molecule has 1 unspecified atom stereocenters. The van der Waals surface area contributed by atoms with E-state index in [1.54, 1.807) is 19.2 Å². The molecular formula is C23H23ClNaO5P. The third kappa shape index (κ3) is 7.57. The minimum Gasteiger partial charge on any atom is -0.736 e. The first-order valence-corrected chi connectivity index (χ1v) is 11.3. The van der Waals surface area contributed by atoms with E-state index in [1.165, 1.54) is 17.7 Å². The van der Waals surface area contributed by atoms with Crippen LogP contribution in [0.15, 0.2) is 60.7 Å². The maximum atomic E-state index is 12.3. The van der Waals surface area contributed by atoms with Gasteiger partial charge in [0.2, 0.25) is 0 Å². The van der Waals surface area contributed by atoms with Gasteiger partial charge in [0.25, 0.3) is 0 Å². The van der Waals surface area contributed by atoms with E-state index in [0.29, 0.717) is 5.02 Å². The number of methoxy groups -OCH3 is 1. The van der Waals surface area contributed by atoms with E-state index < -0.39 is 7.82 Å². The van der Waals surface area contributed by atoms with Gasteiger partial charge in [0.1, 0.15) is 17.2 Å². The molecule has 0 aliphatic carbocycles. The van der Waals surface area contributed by atoms with E-state index >= 15 is 0 Å². The molecule has 5 nitrogen and oxygen atoms in total. The Morgan fingerprint density at radius 2 is 1.35 bits per heavy atom. The molecule has 0 saturated carbocycles. The Bertz CT molecular complexity index is 1030. The molecule has 0 aromatic heterocycles. The fraction of sp³-hybridized carbons (Fsp3) is 0.217. The molecule has 0 aliphatic rings. The molecule has 8 heteroatoms. The van der Waals surface area contributed by atoms with E-state index in [4.69, 9.17) is 25.4 Å². The smallest absolute Gasteiger partial charge is 0.736 e. The summed E-state index contributed by atoms with van der Waals surface area (Å²) >= 11 is 5.81. The molecule has 0 spiro atoms. The van der Waals surface area contributed by atoms with Crippen LogP contribution in [-0.2, 0) is 17.4 Å². The zero-order chi connectivity index (χ0) is 21.7. The second-order valence-electron chi connectivity index (χ2n) is 6.99. The first-order valence-electron chi connectivity index (χ1n) is 9.44. The first kappa shape index (κ1) is 25.8. The van der Waals surface area contributed by atoms with Gasteiger partial charge in [-0.15, -0.1) is 0 Å². The molecule has 0 fully saturated rings. The summed E-state index contributed by atoms with van der Waals surface area (Å²) in [7, 11) is -2.95. The topological polar surface area (TPSA) is 67.8 Å². The number of hydrogen-bond acceptors (Lipinski definition) is 5. The summed E-state index contributed by atoms with van der Waals surface area (Å²) in [5.41, 5.74) is 3.77. The van der Waals surface area contributed by atoms with Crippen molar-refractivity contribution < 1.29 is 52.8 Å². The second-order valence-corrected chi connectivity index (χ2v) is 8.69. The Labute approximate surface area is 210 Å². The van der Waals surface area contributed by atoms with Crippen LogP contribution in [0.25, 0.3) is 0 Å². The summed E-state index contributed by atoms with van der Waals surface area (Å²) in [6, 6.07) is 17.9. The third-order valence-corrected chi connectivity index (χ3v) is 5.71. The monoisotopic (exact) mass is 468 g/mol. The van der Waals surface area contributed by atoms with Crippen molar-refractivity contribution in [3.05, 3.63) is 87.9 Å². The van der Waals surface area contributed by atoms with Crippen molar-refractivity contribution in [3.8, 4) is 17.2 Å². The van der Waals surface area contributed by atoms with Crippen molar-refractivity contribution in [1.29, 1.82) is 0 Å². The molecule has 0 amide bonds. The van der Waals surface area contributed by atoms with Gasteiger partial charge in [-0.3, -0.25) is 0 Å². The van der Waals surface area contributed by atoms with Crippen molar-refractivity contribution in [2.24, 2.45) is 0 Å².